The first-order chi connectivity index (χ1) is 18.6. The molecule has 0 saturated heterocycles. The minimum atomic E-state index is 0. The fourth-order valence-corrected chi connectivity index (χ4v) is 4.94. The molecular weight excluding hydrogens is 630 g/mol. The Balaban J connectivity index is 0.00000420. The zero-order chi connectivity index (χ0) is 26.7. The summed E-state index contributed by atoms with van der Waals surface area (Å²) in [6.07, 6.45) is 11.1. The largest absolute Gasteiger partial charge is 3.00 e. The maximum absolute atomic E-state index is 11.0. The molecule has 0 aliphatic rings. The second kappa shape index (κ2) is 20.6. The van der Waals surface area contributed by atoms with E-state index in [2.05, 4.69) is 13.8 Å². The molecule has 42 heavy (non-hydrogen) atoms. The van der Waals surface area contributed by atoms with Crippen molar-refractivity contribution in [2.45, 2.75) is 78.1 Å². The Bertz CT molecular complexity index is 1250. The molecule has 0 unspecified atom stereocenters. The molecule has 226 valence electrons. The molecule has 0 spiro atoms. The van der Waals surface area contributed by atoms with Gasteiger partial charge < -0.3 is 47.4 Å². The number of nitrogens with zero attached hydrogens (tertiary/aromatic N) is 2. The fraction of sp³-hybridized carbons (Fsp3) is 0.353. The summed E-state index contributed by atoms with van der Waals surface area (Å²) in [5, 5.41) is 22.0. The van der Waals surface area contributed by atoms with Crippen molar-refractivity contribution < 1.29 is 64.5 Å². The van der Waals surface area contributed by atoms with Gasteiger partial charge in [0.05, 0.1) is 22.8 Å². The molecule has 4 nitrogen and oxygen atoms in total. The average Bonchev–Trinajstić information content (AvgIpc) is 2.95. The van der Waals surface area contributed by atoms with Crippen LogP contribution in [0.25, 0.3) is 33.9 Å². The molecule has 2 aromatic heterocycles. The molecule has 4 rings (SSSR count). The van der Waals surface area contributed by atoms with Gasteiger partial charge in [-0.2, -0.15) is 0 Å². The molecule has 2 heterocycles. The number of halogens is 3. The standard InChI is InChI=1S/C34H40N2O2.3ClH.Mn/c1-3-5-7-9-15-25-17-11-19-27(33(25)37)29-21-13-23-31(35-29)32-24-14-22-30(36-32)28-20-12-18-26(34(28)38)16-10-8-6-4-2;;;;/h11-14,17-24,37-38H,3-10,15-16H2,1-2H3;3*1H;/q;;;;+3/p-3. The van der Waals surface area contributed by atoms with E-state index in [4.69, 9.17) is 9.97 Å². The Labute approximate surface area is 280 Å². The molecule has 0 radical (unpaired) electrons. The molecule has 0 bridgehead atoms. The molecule has 0 aliphatic carbocycles. The Kier molecular flexibility index (Phi) is 19.5. The van der Waals surface area contributed by atoms with E-state index in [1.807, 2.05) is 72.8 Å². The van der Waals surface area contributed by atoms with Gasteiger partial charge in [-0.1, -0.05) is 88.8 Å². The van der Waals surface area contributed by atoms with E-state index in [-0.39, 0.29) is 54.3 Å². The van der Waals surface area contributed by atoms with E-state index in [0.29, 0.717) is 11.5 Å². The van der Waals surface area contributed by atoms with Gasteiger partial charge in [0.1, 0.15) is 11.5 Å². The zero-order valence-electron chi connectivity index (χ0n) is 24.3. The van der Waals surface area contributed by atoms with Crippen LogP contribution in [0.5, 0.6) is 11.5 Å². The van der Waals surface area contributed by atoms with Gasteiger partial charge in [0.25, 0.3) is 0 Å². The number of benzene rings is 2. The molecule has 0 atom stereocenters. The molecule has 4 aromatic rings. The third-order valence-corrected chi connectivity index (χ3v) is 7.15. The Morgan fingerprint density at radius 3 is 1.21 bits per heavy atom. The number of phenols is 2. The average molecular weight is 670 g/mol. The van der Waals surface area contributed by atoms with Crippen molar-refractivity contribution in [3.8, 4) is 45.4 Å². The summed E-state index contributed by atoms with van der Waals surface area (Å²) < 4.78 is 0. The van der Waals surface area contributed by atoms with E-state index >= 15 is 0 Å². The van der Waals surface area contributed by atoms with Crippen LogP contribution in [0, 0.1) is 0 Å². The topological polar surface area (TPSA) is 66.2 Å². The van der Waals surface area contributed by atoms with E-state index < -0.39 is 0 Å². The Morgan fingerprint density at radius 2 is 0.833 bits per heavy atom. The van der Waals surface area contributed by atoms with E-state index in [1.165, 1.54) is 38.5 Å². The Hall–Kier alpha value is -2.27. The normalized spacial score (nSPS) is 10.0. The maximum Gasteiger partial charge on any atom is 3.00 e. The third-order valence-electron chi connectivity index (χ3n) is 7.15. The number of aromatic nitrogens is 2. The van der Waals surface area contributed by atoms with Crippen LogP contribution in [-0.4, -0.2) is 20.2 Å². The molecule has 2 aromatic carbocycles. The summed E-state index contributed by atoms with van der Waals surface area (Å²) >= 11 is 0. The minimum Gasteiger partial charge on any atom is -1.00 e. The van der Waals surface area contributed by atoms with E-state index in [9.17, 15) is 10.2 Å². The van der Waals surface area contributed by atoms with Crippen molar-refractivity contribution in [1.29, 1.82) is 0 Å². The van der Waals surface area contributed by atoms with Crippen LogP contribution in [0.1, 0.15) is 76.3 Å². The number of aromatic hydroxyl groups is 2. The van der Waals surface area contributed by atoms with Crippen LogP contribution in [0.4, 0.5) is 0 Å². The summed E-state index contributed by atoms with van der Waals surface area (Å²) in [6, 6.07) is 23.5. The van der Waals surface area contributed by atoms with Gasteiger partial charge in [-0.25, -0.2) is 9.97 Å². The first kappa shape index (κ1) is 39.7. The first-order valence-corrected chi connectivity index (χ1v) is 14.2. The number of hydrogen-bond acceptors (Lipinski definition) is 4. The number of hydrogen-bond donors (Lipinski definition) is 2. The quantitative estimate of drug-likeness (QED) is 0.157. The van der Waals surface area contributed by atoms with Crippen molar-refractivity contribution in [2.75, 3.05) is 0 Å². The number of aryl methyl sites for hydroxylation is 2. The Morgan fingerprint density at radius 1 is 0.476 bits per heavy atom. The van der Waals surface area contributed by atoms with Gasteiger partial charge in [0.2, 0.25) is 0 Å². The van der Waals surface area contributed by atoms with Crippen molar-refractivity contribution >= 4 is 0 Å². The number of unbranched alkanes of at least 4 members (excludes halogenated alkanes) is 6. The summed E-state index contributed by atoms with van der Waals surface area (Å²) in [4.78, 5) is 9.75. The molecule has 8 heteroatoms. The predicted molar refractivity (Wildman–Crippen MR) is 157 cm³/mol. The summed E-state index contributed by atoms with van der Waals surface area (Å²) in [5.74, 6) is 0.632. The molecule has 0 saturated carbocycles. The number of pyridine rings is 2. The van der Waals surface area contributed by atoms with Crippen molar-refractivity contribution in [3.63, 3.8) is 0 Å². The smallest absolute Gasteiger partial charge is 1.00 e. The molecule has 2 N–H and O–H groups in total. The minimum absolute atomic E-state index is 0. The number of phenolic OH excluding ortho intramolecular Hbond substituents is 2. The van der Waals surface area contributed by atoms with Crippen molar-refractivity contribution in [2.24, 2.45) is 0 Å². The van der Waals surface area contributed by atoms with Gasteiger partial charge >= 0.3 is 17.1 Å². The summed E-state index contributed by atoms with van der Waals surface area (Å²) in [6.45, 7) is 4.41. The predicted octanol–water partition coefficient (Wildman–Crippen LogP) is 0.144. The number of para-hydroxylation sites is 2. The van der Waals surface area contributed by atoms with Crippen LogP contribution in [-0.2, 0) is 29.9 Å². The SMILES string of the molecule is CCCCCCc1cccc(-c2cccc(-c3cccc(-c4cccc(CCCCCC)c4O)n3)n2)c1O.[Cl-].[Cl-].[Cl-].[Mn+3]. The van der Waals surface area contributed by atoms with Gasteiger partial charge in [0.15, 0.2) is 0 Å². The zero-order valence-corrected chi connectivity index (χ0v) is 27.7. The fourth-order valence-electron chi connectivity index (χ4n) is 4.94. The van der Waals surface area contributed by atoms with Gasteiger partial charge in [-0.05, 0) is 73.2 Å². The van der Waals surface area contributed by atoms with Gasteiger partial charge in [0, 0.05) is 11.1 Å². The van der Waals surface area contributed by atoms with Gasteiger partial charge in [-0.15, -0.1) is 0 Å². The molecule has 0 aliphatic heterocycles. The van der Waals surface area contributed by atoms with E-state index in [1.54, 1.807) is 0 Å². The van der Waals surface area contributed by atoms with Crippen molar-refractivity contribution in [1.82, 2.24) is 9.97 Å². The van der Waals surface area contributed by atoms with Crippen LogP contribution in [0.2, 0.25) is 0 Å². The van der Waals surface area contributed by atoms with Crippen LogP contribution < -0.4 is 37.2 Å². The molecule has 0 amide bonds. The summed E-state index contributed by atoms with van der Waals surface area (Å²) in [7, 11) is 0. The van der Waals surface area contributed by atoms with Gasteiger partial charge in [-0.3, -0.25) is 0 Å². The maximum atomic E-state index is 11.0. The van der Waals surface area contributed by atoms with Crippen molar-refractivity contribution in [3.05, 3.63) is 83.9 Å². The van der Waals surface area contributed by atoms with Crippen LogP contribution in [0.15, 0.2) is 72.8 Å². The second-order valence-corrected chi connectivity index (χ2v) is 10.1. The van der Waals surface area contributed by atoms with Crippen LogP contribution >= 0.6 is 0 Å². The monoisotopic (exact) mass is 668 g/mol. The first-order valence-electron chi connectivity index (χ1n) is 14.2. The molecule has 0 fully saturated rings. The number of rotatable bonds is 13. The summed E-state index contributed by atoms with van der Waals surface area (Å²) in [5.41, 5.74) is 6.32. The third kappa shape index (κ3) is 10.5. The second-order valence-electron chi connectivity index (χ2n) is 10.1. The van der Waals surface area contributed by atoms with E-state index in [0.717, 1.165) is 70.7 Å². The molecular formula is C34H40Cl3MnN2O2. The van der Waals surface area contributed by atoms with Crippen LogP contribution in [0.3, 0.4) is 0 Å².